The van der Waals surface area contributed by atoms with Gasteiger partial charge in [0, 0.05) is 13.1 Å². The highest BCUT2D eigenvalue weighted by molar-refractivity contribution is 5.98. The fourth-order valence-electron chi connectivity index (χ4n) is 5.19. The maximum absolute atomic E-state index is 13.7. The van der Waals surface area contributed by atoms with Gasteiger partial charge in [0.1, 0.15) is 29.5 Å². The second-order valence-corrected chi connectivity index (χ2v) is 11.5. The molecule has 0 saturated carbocycles. The molecule has 0 radical (unpaired) electrons. The highest BCUT2D eigenvalue weighted by atomic mass is 19.3. The number of Topliss-reactive ketones (excluding diaryl/α,β-unsaturated/α-hetero) is 1. The molecule has 0 aromatic heterocycles. The van der Waals surface area contributed by atoms with Gasteiger partial charge >= 0.3 is 6.61 Å². The van der Waals surface area contributed by atoms with Crippen molar-refractivity contribution in [3.05, 3.63) is 41.5 Å². The predicted molar refractivity (Wildman–Crippen MR) is 153 cm³/mol. The quantitative estimate of drug-likeness (QED) is 0.165. The summed E-state index contributed by atoms with van der Waals surface area (Å²) in [6.07, 6.45) is 3.24. The number of alkyl halides is 2. The summed E-state index contributed by atoms with van der Waals surface area (Å²) in [6, 6.07) is 1.30. The molecule has 0 unspecified atom stereocenters. The average Bonchev–Trinajstić information content (AvgIpc) is 3.53. The monoisotopic (exact) mass is 622 g/mol. The van der Waals surface area contributed by atoms with Crippen LogP contribution in [0.4, 0.5) is 8.78 Å². The highest BCUT2D eigenvalue weighted by Crippen LogP contribution is 2.31. The molecule has 14 heteroatoms. The van der Waals surface area contributed by atoms with Crippen molar-refractivity contribution in [3.63, 3.8) is 0 Å². The second kappa shape index (κ2) is 15.0. The van der Waals surface area contributed by atoms with Crippen LogP contribution in [0.1, 0.15) is 51.2 Å². The number of nitrogens with zero attached hydrogens (tertiary/aromatic N) is 1. The number of epoxide rings is 1. The summed E-state index contributed by atoms with van der Waals surface area (Å²) >= 11 is 0. The molecule has 2 heterocycles. The third-order valence-corrected chi connectivity index (χ3v) is 7.92. The highest BCUT2D eigenvalue weighted by Gasteiger charge is 2.50. The molecule has 2 saturated heterocycles. The number of ketones is 1. The van der Waals surface area contributed by atoms with Gasteiger partial charge in [-0.2, -0.15) is 8.78 Å². The molecule has 4 N–H and O–H groups in total. The minimum absolute atomic E-state index is 0.0566. The Hall–Kier alpha value is -3.46. The average molecular weight is 623 g/mol. The maximum Gasteiger partial charge on any atom is 0.387 e. The van der Waals surface area contributed by atoms with Crippen LogP contribution >= 0.6 is 0 Å². The molecule has 1 aromatic rings. The molecule has 2 fully saturated rings. The Kier molecular flexibility index (Phi) is 11.4. The van der Waals surface area contributed by atoms with E-state index in [0.717, 1.165) is 24.8 Å². The first-order valence-electron chi connectivity index (χ1n) is 14.7. The third-order valence-electron chi connectivity index (χ3n) is 7.92. The lowest BCUT2D eigenvalue weighted by Crippen LogP contribution is -2.58. The Balaban J connectivity index is 1.49. The van der Waals surface area contributed by atoms with Gasteiger partial charge in [0.25, 0.3) is 0 Å². The zero-order valence-electron chi connectivity index (χ0n) is 24.9. The lowest BCUT2D eigenvalue weighted by Gasteiger charge is -2.29. The van der Waals surface area contributed by atoms with E-state index in [1.807, 2.05) is 11.0 Å². The standard InChI is InChI=1S/C30H40F2N4O8/c1-18(33-23(37)16-36-11-13-42-14-12-36)27(40)35-24(25(38)20-7-9-21(10-8-20)44-29(31)32)28(41)34-22(15-19-5-3-4-6-19)26(39)30(2)17-43-30/h5,7-10,18,22,24-25,29,38H,3-4,6,11-17H2,1-2H3,(H,33,37)(H,34,41)(H,35,40)/t18-,22-,24-,25+,30+/m0/s1. The van der Waals surface area contributed by atoms with Crippen LogP contribution in [-0.4, -0.2) is 103 Å². The van der Waals surface area contributed by atoms with Crippen molar-refractivity contribution in [2.45, 2.75) is 76.0 Å². The number of halogens is 2. The summed E-state index contributed by atoms with van der Waals surface area (Å²) in [5.41, 5.74) is 0.101. The van der Waals surface area contributed by atoms with Crippen LogP contribution in [0.2, 0.25) is 0 Å². The molecular weight excluding hydrogens is 582 g/mol. The summed E-state index contributed by atoms with van der Waals surface area (Å²) in [5.74, 6) is -2.48. The summed E-state index contributed by atoms with van der Waals surface area (Å²) < 4.78 is 40.2. The maximum atomic E-state index is 13.7. The number of rotatable bonds is 15. The van der Waals surface area contributed by atoms with Gasteiger partial charge in [-0.15, -0.1) is 0 Å². The van der Waals surface area contributed by atoms with Gasteiger partial charge in [0.2, 0.25) is 17.7 Å². The van der Waals surface area contributed by atoms with Gasteiger partial charge in [-0.25, -0.2) is 0 Å². The van der Waals surface area contributed by atoms with E-state index in [1.165, 1.54) is 31.2 Å². The Morgan fingerprint density at radius 3 is 2.34 bits per heavy atom. The number of benzene rings is 1. The van der Waals surface area contributed by atoms with Crippen LogP contribution in [0.25, 0.3) is 0 Å². The molecule has 4 rings (SSSR count). The van der Waals surface area contributed by atoms with Gasteiger partial charge in [-0.1, -0.05) is 23.8 Å². The minimum atomic E-state index is -3.05. The molecule has 44 heavy (non-hydrogen) atoms. The fourth-order valence-corrected chi connectivity index (χ4v) is 5.19. The molecule has 0 spiro atoms. The Morgan fingerprint density at radius 2 is 1.75 bits per heavy atom. The van der Waals surface area contributed by atoms with Crippen molar-refractivity contribution in [3.8, 4) is 5.75 Å². The lowest BCUT2D eigenvalue weighted by molar-refractivity contribution is -0.136. The van der Waals surface area contributed by atoms with E-state index in [9.17, 15) is 33.1 Å². The predicted octanol–water partition coefficient (Wildman–Crippen LogP) is 0.986. The molecule has 2 aliphatic heterocycles. The summed E-state index contributed by atoms with van der Waals surface area (Å²) in [6.45, 7) is 2.44. The largest absolute Gasteiger partial charge is 0.435 e. The number of nitrogens with one attached hydrogen (secondary N) is 3. The van der Waals surface area contributed by atoms with Crippen LogP contribution < -0.4 is 20.7 Å². The van der Waals surface area contributed by atoms with Crippen LogP contribution in [0.3, 0.4) is 0 Å². The van der Waals surface area contributed by atoms with Crippen molar-refractivity contribution >= 4 is 23.5 Å². The van der Waals surface area contributed by atoms with Gasteiger partial charge < -0.3 is 35.3 Å². The molecule has 3 amide bonds. The first-order chi connectivity index (χ1) is 20.9. The van der Waals surface area contributed by atoms with Crippen LogP contribution in [0, 0.1) is 0 Å². The molecule has 3 aliphatic rings. The molecule has 5 atom stereocenters. The van der Waals surface area contributed by atoms with Crippen molar-refractivity contribution in [2.75, 3.05) is 39.5 Å². The molecule has 1 aliphatic carbocycles. The van der Waals surface area contributed by atoms with E-state index in [-0.39, 0.29) is 36.7 Å². The van der Waals surface area contributed by atoms with E-state index in [0.29, 0.717) is 26.3 Å². The minimum Gasteiger partial charge on any atom is -0.435 e. The molecule has 1 aromatic carbocycles. The van der Waals surface area contributed by atoms with E-state index in [1.54, 1.807) is 6.92 Å². The van der Waals surface area contributed by atoms with E-state index >= 15 is 0 Å². The van der Waals surface area contributed by atoms with Crippen molar-refractivity contribution < 1.29 is 47.3 Å². The number of amides is 3. The second-order valence-electron chi connectivity index (χ2n) is 11.5. The zero-order valence-corrected chi connectivity index (χ0v) is 24.9. The number of ether oxygens (including phenoxy) is 3. The normalized spacial score (nSPS) is 22.7. The van der Waals surface area contributed by atoms with Crippen molar-refractivity contribution in [1.82, 2.24) is 20.9 Å². The fraction of sp³-hybridized carbons (Fsp3) is 0.600. The molecule has 12 nitrogen and oxygen atoms in total. The van der Waals surface area contributed by atoms with Crippen LogP contribution in [0.15, 0.2) is 35.9 Å². The summed E-state index contributed by atoms with van der Waals surface area (Å²) in [5, 5.41) is 19.1. The third kappa shape index (κ3) is 9.27. The molecular formula is C30H40F2N4O8. The Bertz CT molecular complexity index is 1220. The Labute approximate surface area is 254 Å². The number of carbonyl (C=O) groups excluding carboxylic acids is 4. The van der Waals surface area contributed by atoms with Crippen molar-refractivity contribution in [2.24, 2.45) is 0 Å². The zero-order chi connectivity index (χ0) is 31.9. The lowest BCUT2D eigenvalue weighted by atomic mass is 9.93. The summed E-state index contributed by atoms with van der Waals surface area (Å²) in [7, 11) is 0. The topological polar surface area (TPSA) is 159 Å². The van der Waals surface area contributed by atoms with E-state index in [4.69, 9.17) is 9.47 Å². The summed E-state index contributed by atoms with van der Waals surface area (Å²) in [4.78, 5) is 54.7. The van der Waals surface area contributed by atoms with E-state index in [2.05, 4.69) is 20.7 Å². The first-order valence-corrected chi connectivity index (χ1v) is 14.7. The first kappa shape index (κ1) is 33.4. The van der Waals surface area contributed by atoms with Crippen LogP contribution in [-0.2, 0) is 28.7 Å². The molecule has 242 valence electrons. The van der Waals surface area contributed by atoms with Gasteiger partial charge in [0.15, 0.2) is 5.78 Å². The van der Waals surface area contributed by atoms with Gasteiger partial charge in [0.05, 0.1) is 32.4 Å². The number of aliphatic hydroxyl groups excluding tert-OH is 1. The van der Waals surface area contributed by atoms with Crippen LogP contribution in [0.5, 0.6) is 5.75 Å². The Morgan fingerprint density at radius 1 is 1.07 bits per heavy atom. The van der Waals surface area contributed by atoms with E-state index < -0.39 is 54.2 Å². The number of morpholine rings is 1. The van der Waals surface area contributed by atoms with Crippen molar-refractivity contribution in [1.29, 1.82) is 0 Å². The number of aliphatic hydroxyl groups is 1. The number of allylic oxidation sites excluding steroid dienone is 1. The number of hydrogen-bond donors (Lipinski definition) is 4. The SMILES string of the molecule is C[C@H](NC(=O)CN1CCOCC1)C(=O)N[C@H](C(=O)N[C@@H](CC1=CCCC1)C(=O)[C@@]1(C)CO1)[C@H](O)c1ccc(OC(F)F)cc1. The number of hydrogen-bond acceptors (Lipinski definition) is 9. The van der Waals surface area contributed by atoms with Gasteiger partial charge in [-0.3, -0.25) is 24.1 Å². The number of carbonyl (C=O) groups is 4. The smallest absolute Gasteiger partial charge is 0.387 e. The molecule has 0 bridgehead atoms. The van der Waals surface area contributed by atoms with Gasteiger partial charge in [-0.05, 0) is 57.2 Å².